The lowest BCUT2D eigenvalue weighted by molar-refractivity contribution is -0.227. The molecule has 4 heteroatoms. The Labute approximate surface area is 104 Å². The van der Waals surface area contributed by atoms with E-state index in [1.165, 1.54) is 25.7 Å². The molecule has 3 rings (SSSR count). The summed E-state index contributed by atoms with van der Waals surface area (Å²) < 4.78 is 11.9. The van der Waals surface area contributed by atoms with Crippen molar-refractivity contribution in [1.82, 2.24) is 10.2 Å². The molecule has 0 radical (unpaired) electrons. The molecule has 0 spiro atoms. The minimum Gasteiger partial charge on any atom is -0.351 e. The zero-order chi connectivity index (χ0) is 11.5. The van der Waals surface area contributed by atoms with Gasteiger partial charge in [0.05, 0.1) is 19.3 Å². The first-order valence-corrected chi connectivity index (χ1v) is 7.11. The molecule has 0 unspecified atom stereocenters. The highest BCUT2D eigenvalue weighted by molar-refractivity contribution is 4.80. The fourth-order valence-corrected chi connectivity index (χ4v) is 3.27. The quantitative estimate of drug-likeness (QED) is 0.775. The van der Waals surface area contributed by atoms with Crippen molar-refractivity contribution in [3.05, 3.63) is 0 Å². The van der Waals surface area contributed by atoms with Crippen molar-refractivity contribution in [2.75, 3.05) is 39.4 Å². The lowest BCUT2D eigenvalue weighted by atomic mass is 10.1. The van der Waals surface area contributed by atoms with Gasteiger partial charge in [0.1, 0.15) is 0 Å². The number of nitrogens with zero attached hydrogens (tertiary/aromatic N) is 1. The van der Waals surface area contributed by atoms with Crippen LogP contribution in [0.2, 0.25) is 0 Å². The second kappa shape index (κ2) is 5.65. The van der Waals surface area contributed by atoms with E-state index in [9.17, 15) is 0 Å². The predicted octanol–water partition coefficient (Wildman–Crippen LogP) is 0.823. The molecular formula is C13H24N2O2. The van der Waals surface area contributed by atoms with E-state index in [0.29, 0.717) is 12.0 Å². The number of piperazine rings is 1. The summed E-state index contributed by atoms with van der Waals surface area (Å²) in [6.45, 7) is 6.18. The Hall–Kier alpha value is -0.160. The smallest absolute Gasteiger partial charge is 0.160 e. The van der Waals surface area contributed by atoms with Gasteiger partial charge in [-0.1, -0.05) is 12.8 Å². The third-order valence-electron chi connectivity index (χ3n) is 4.36. The van der Waals surface area contributed by atoms with Crippen molar-refractivity contribution < 1.29 is 9.47 Å². The molecule has 17 heavy (non-hydrogen) atoms. The largest absolute Gasteiger partial charge is 0.351 e. The monoisotopic (exact) mass is 240 g/mol. The Kier molecular flexibility index (Phi) is 3.96. The second-order valence-corrected chi connectivity index (χ2v) is 5.52. The maximum absolute atomic E-state index is 5.94. The highest BCUT2D eigenvalue weighted by Crippen LogP contribution is 2.31. The number of hydrogen-bond donors (Lipinski definition) is 1. The molecule has 3 aliphatic rings. The standard InChI is InChI=1S/C13H24N2O2/c1-2-4-11(3-1)13-16-9-12(10-17-13)15-7-5-14-6-8-15/h11-14H,1-10H2. The van der Waals surface area contributed by atoms with Crippen LogP contribution in [0, 0.1) is 5.92 Å². The highest BCUT2D eigenvalue weighted by Gasteiger charge is 2.33. The van der Waals surface area contributed by atoms with E-state index in [2.05, 4.69) is 10.2 Å². The van der Waals surface area contributed by atoms with Gasteiger partial charge in [-0.15, -0.1) is 0 Å². The van der Waals surface area contributed by atoms with Gasteiger partial charge in [0, 0.05) is 32.1 Å². The summed E-state index contributed by atoms with van der Waals surface area (Å²) in [5.41, 5.74) is 0. The van der Waals surface area contributed by atoms with Gasteiger partial charge in [-0.3, -0.25) is 4.90 Å². The Morgan fingerprint density at radius 2 is 1.59 bits per heavy atom. The zero-order valence-electron chi connectivity index (χ0n) is 10.6. The lowest BCUT2D eigenvalue weighted by Crippen LogP contribution is -2.54. The van der Waals surface area contributed by atoms with Crippen molar-refractivity contribution in [2.24, 2.45) is 5.92 Å². The molecule has 0 aromatic heterocycles. The highest BCUT2D eigenvalue weighted by atomic mass is 16.7. The Morgan fingerprint density at radius 3 is 2.24 bits per heavy atom. The molecule has 1 N–H and O–H groups in total. The summed E-state index contributed by atoms with van der Waals surface area (Å²) in [7, 11) is 0. The van der Waals surface area contributed by atoms with Crippen molar-refractivity contribution in [3.63, 3.8) is 0 Å². The van der Waals surface area contributed by atoms with Crippen LogP contribution in [0.4, 0.5) is 0 Å². The van der Waals surface area contributed by atoms with Crippen molar-refractivity contribution in [1.29, 1.82) is 0 Å². The zero-order valence-corrected chi connectivity index (χ0v) is 10.6. The van der Waals surface area contributed by atoms with Crippen LogP contribution in [-0.4, -0.2) is 56.6 Å². The van der Waals surface area contributed by atoms with Gasteiger partial charge in [0.2, 0.25) is 0 Å². The molecule has 2 aliphatic heterocycles. The van der Waals surface area contributed by atoms with Gasteiger partial charge in [0.15, 0.2) is 6.29 Å². The van der Waals surface area contributed by atoms with E-state index < -0.39 is 0 Å². The van der Waals surface area contributed by atoms with E-state index in [0.717, 1.165) is 39.4 Å². The van der Waals surface area contributed by atoms with Gasteiger partial charge in [-0.05, 0) is 12.8 Å². The molecule has 2 saturated heterocycles. The fourth-order valence-electron chi connectivity index (χ4n) is 3.27. The van der Waals surface area contributed by atoms with E-state index in [1.807, 2.05) is 0 Å². The fraction of sp³-hybridized carbons (Fsp3) is 1.00. The summed E-state index contributed by atoms with van der Waals surface area (Å²) in [5.74, 6) is 0.666. The topological polar surface area (TPSA) is 33.7 Å². The molecule has 3 fully saturated rings. The van der Waals surface area contributed by atoms with Crippen molar-refractivity contribution in [2.45, 2.75) is 38.0 Å². The van der Waals surface area contributed by atoms with Crippen molar-refractivity contribution >= 4 is 0 Å². The predicted molar refractivity (Wildman–Crippen MR) is 65.9 cm³/mol. The first-order valence-electron chi connectivity index (χ1n) is 7.11. The Morgan fingerprint density at radius 1 is 0.941 bits per heavy atom. The van der Waals surface area contributed by atoms with Crippen LogP contribution >= 0.6 is 0 Å². The van der Waals surface area contributed by atoms with Crippen LogP contribution in [-0.2, 0) is 9.47 Å². The minimum atomic E-state index is 0.0941. The average Bonchev–Trinajstić information content (AvgIpc) is 2.94. The van der Waals surface area contributed by atoms with Gasteiger partial charge in [-0.25, -0.2) is 0 Å². The number of ether oxygens (including phenoxy) is 2. The third-order valence-corrected chi connectivity index (χ3v) is 4.36. The Bertz CT molecular complexity index is 230. The van der Waals surface area contributed by atoms with E-state index >= 15 is 0 Å². The summed E-state index contributed by atoms with van der Waals surface area (Å²) in [4.78, 5) is 2.50. The van der Waals surface area contributed by atoms with E-state index in [4.69, 9.17) is 9.47 Å². The van der Waals surface area contributed by atoms with Crippen LogP contribution in [0.5, 0.6) is 0 Å². The second-order valence-electron chi connectivity index (χ2n) is 5.52. The average molecular weight is 240 g/mol. The van der Waals surface area contributed by atoms with Crippen LogP contribution in [0.1, 0.15) is 25.7 Å². The molecular weight excluding hydrogens is 216 g/mol. The van der Waals surface area contributed by atoms with Gasteiger partial charge in [0.25, 0.3) is 0 Å². The van der Waals surface area contributed by atoms with Crippen LogP contribution in [0.15, 0.2) is 0 Å². The maximum atomic E-state index is 5.94. The summed E-state index contributed by atoms with van der Waals surface area (Å²) in [6.07, 6.45) is 5.40. The normalized spacial score (nSPS) is 37.4. The van der Waals surface area contributed by atoms with Crippen LogP contribution < -0.4 is 5.32 Å². The molecule has 4 nitrogen and oxygen atoms in total. The molecule has 1 aliphatic carbocycles. The summed E-state index contributed by atoms with van der Waals surface area (Å²) >= 11 is 0. The van der Waals surface area contributed by atoms with Gasteiger partial charge >= 0.3 is 0 Å². The number of rotatable bonds is 2. The minimum absolute atomic E-state index is 0.0941. The molecule has 2 heterocycles. The van der Waals surface area contributed by atoms with Gasteiger partial charge in [-0.2, -0.15) is 0 Å². The first-order chi connectivity index (χ1) is 8.43. The van der Waals surface area contributed by atoms with Gasteiger partial charge < -0.3 is 14.8 Å². The maximum Gasteiger partial charge on any atom is 0.160 e. The molecule has 0 amide bonds. The molecule has 0 aromatic carbocycles. The van der Waals surface area contributed by atoms with E-state index in [-0.39, 0.29) is 6.29 Å². The first kappa shape index (κ1) is 11.9. The Balaban J connectivity index is 1.46. The number of hydrogen-bond acceptors (Lipinski definition) is 4. The third kappa shape index (κ3) is 2.81. The number of nitrogens with one attached hydrogen (secondary N) is 1. The van der Waals surface area contributed by atoms with Crippen LogP contribution in [0.25, 0.3) is 0 Å². The summed E-state index contributed by atoms with van der Waals surface area (Å²) in [5, 5.41) is 3.38. The molecule has 0 atom stereocenters. The summed E-state index contributed by atoms with van der Waals surface area (Å²) in [6, 6.07) is 0.481. The van der Waals surface area contributed by atoms with Crippen molar-refractivity contribution in [3.8, 4) is 0 Å². The lowest BCUT2D eigenvalue weighted by Gasteiger charge is -2.40. The molecule has 0 aromatic rings. The molecule has 98 valence electrons. The van der Waals surface area contributed by atoms with Crippen LogP contribution in [0.3, 0.4) is 0 Å². The molecule has 0 bridgehead atoms. The van der Waals surface area contributed by atoms with E-state index in [1.54, 1.807) is 0 Å². The SMILES string of the molecule is C1CCC(C2OCC(N3CCNCC3)CO2)C1. The molecule has 1 saturated carbocycles.